The fourth-order valence-electron chi connectivity index (χ4n) is 3.06. The van der Waals surface area contributed by atoms with Crippen LogP contribution in [0, 0.1) is 6.92 Å². The van der Waals surface area contributed by atoms with Gasteiger partial charge in [0.25, 0.3) is 5.56 Å². The normalized spacial score (nSPS) is 10.8. The molecular weight excluding hydrogens is 460 g/mol. The summed E-state index contributed by atoms with van der Waals surface area (Å²) in [4.78, 5) is 35.8. The van der Waals surface area contributed by atoms with E-state index in [-0.39, 0.29) is 59.1 Å². The maximum atomic E-state index is 12.5. The van der Waals surface area contributed by atoms with Crippen LogP contribution in [0.25, 0.3) is 0 Å². The Hall–Kier alpha value is -2.27. The summed E-state index contributed by atoms with van der Waals surface area (Å²) >= 11 is 0. The number of amides is 2. The van der Waals surface area contributed by atoms with Crippen molar-refractivity contribution in [3.8, 4) is 17.2 Å². The Balaban J connectivity index is 0.00000289. The molecule has 3 aromatic rings. The van der Waals surface area contributed by atoms with E-state index in [2.05, 4.69) is 10.6 Å². The summed E-state index contributed by atoms with van der Waals surface area (Å²) < 4.78 is 6.96. The van der Waals surface area contributed by atoms with Crippen molar-refractivity contribution in [2.45, 2.75) is 19.4 Å². The molecule has 0 bridgehead atoms. The van der Waals surface area contributed by atoms with Crippen molar-refractivity contribution in [3.63, 3.8) is 0 Å². The number of hydrogen-bond donors (Lipinski definition) is 2. The van der Waals surface area contributed by atoms with Gasteiger partial charge in [-0.2, -0.15) is 0 Å². The molecule has 0 aliphatic heterocycles. The number of urea groups is 1. The molecule has 2 aromatic carbocycles. The van der Waals surface area contributed by atoms with Crippen molar-refractivity contribution in [3.05, 3.63) is 82.3 Å². The minimum atomic E-state index is -1.39. The van der Waals surface area contributed by atoms with Crippen LogP contribution >= 0.6 is 0 Å². The maximum absolute atomic E-state index is 12.5. The van der Waals surface area contributed by atoms with E-state index in [0.717, 1.165) is 16.2 Å². The summed E-state index contributed by atoms with van der Waals surface area (Å²) in [6, 6.07) is 13.2. The summed E-state index contributed by atoms with van der Waals surface area (Å²) in [5.41, 5.74) is 0.336. The quantitative estimate of drug-likeness (QED) is 0.327. The number of carboxylic acids is 1. The van der Waals surface area contributed by atoms with Gasteiger partial charge in [-0.25, -0.2) is 4.79 Å². The SMILES string of the molecule is Cc1cccc(Oc2cccc([C@H](CC(=O)[O-])NC(=O)Nc3c([O-])ccn(C)c3=O)c2)c1.[Na+].[Na+]. The number of carbonyl (C=O) groups is 2. The second-order valence-electron chi connectivity index (χ2n) is 7.19. The molecule has 0 spiro atoms. The van der Waals surface area contributed by atoms with Crippen LogP contribution in [0.15, 0.2) is 65.6 Å². The van der Waals surface area contributed by atoms with Crippen LogP contribution in [0.1, 0.15) is 23.6 Å². The first kappa shape index (κ1) is 29.8. The van der Waals surface area contributed by atoms with E-state index in [0.29, 0.717) is 17.1 Å². The zero-order valence-electron chi connectivity index (χ0n) is 19.5. The molecule has 9 nitrogen and oxygen atoms in total. The number of carboxylic acid groups (broad SMARTS) is 1. The summed E-state index contributed by atoms with van der Waals surface area (Å²) in [7, 11) is 1.43. The Labute approximate surface area is 240 Å². The molecule has 0 fully saturated rings. The van der Waals surface area contributed by atoms with Crippen molar-refractivity contribution in [2.24, 2.45) is 7.05 Å². The van der Waals surface area contributed by atoms with Gasteiger partial charge >= 0.3 is 65.1 Å². The van der Waals surface area contributed by atoms with Crippen molar-refractivity contribution in [2.75, 3.05) is 5.32 Å². The molecule has 34 heavy (non-hydrogen) atoms. The van der Waals surface area contributed by atoms with Crippen LogP contribution in [-0.4, -0.2) is 16.6 Å². The van der Waals surface area contributed by atoms with E-state index < -0.39 is 41.5 Å². The summed E-state index contributed by atoms with van der Waals surface area (Å²) in [5.74, 6) is -1.00. The Morgan fingerprint density at radius 1 is 1.06 bits per heavy atom. The molecule has 3 rings (SSSR count). The fourth-order valence-corrected chi connectivity index (χ4v) is 3.06. The van der Waals surface area contributed by atoms with Crippen molar-refractivity contribution in [1.29, 1.82) is 0 Å². The number of hydrogen-bond acceptors (Lipinski definition) is 6. The third-order valence-electron chi connectivity index (χ3n) is 4.63. The van der Waals surface area contributed by atoms with Crippen molar-refractivity contribution in [1.82, 2.24) is 9.88 Å². The second kappa shape index (κ2) is 13.6. The van der Waals surface area contributed by atoms with Gasteiger partial charge in [0.1, 0.15) is 17.2 Å². The average Bonchev–Trinajstić information content (AvgIpc) is 2.73. The Morgan fingerprint density at radius 2 is 1.71 bits per heavy atom. The Kier molecular flexibility index (Phi) is 11.9. The third kappa shape index (κ3) is 8.19. The molecule has 2 amide bonds. The van der Waals surface area contributed by atoms with E-state index in [9.17, 15) is 24.6 Å². The first-order valence-electron chi connectivity index (χ1n) is 9.71. The summed E-state index contributed by atoms with van der Waals surface area (Å²) in [5, 5.41) is 27.9. The van der Waals surface area contributed by atoms with Gasteiger partial charge < -0.3 is 34.9 Å². The number of nitrogens with one attached hydrogen (secondary N) is 2. The maximum Gasteiger partial charge on any atom is 1.00 e. The van der Waals surface area contributed by atoms with E-state index in [4.69, 9.17) is 4.74 Å². The number of pyridine rings is 1. The van der Waals surface area contributed by atoms with Gasteiger partial charge in [0.05, 0.1) is 6.04 Å². The minimum absolute atomic E-state index is 0. The molecule has 0 radical (unpaired) electrons. The van der Waals surface area contributed by atoms with E-state index in [1.807, 2.05) is 25.1 Å². The van der Waals surface area contributed by atoms with Gasteiger partial charge in [0.15, 0.2) is 0 Å². The van der Waals surface area contributed by atoms with Gasteiger partial charge in [-0.05, 0) is 42.3 Å². The van der Waals surface area contributed by atoms with E-state index in [1.165, 1.54) is 13.2 Å². The van der Waals surface area contributed by atoms with Gasteiger partial charge in [0, 0.05) is 25.6 Å². The van der Waals surface area contributed by atoms with Crippen LogP contribution in [0.5, 0.6) is 17.2 Å². The molecule has 0 saturated heterocycles. The molecular formula is C23H21N3Na2O6. The number of carbonyl (C=O) groups excluding carboxylic acids is 2. The first-order valence-corrected chi connectivity index (χ1v) is 9.71. The number of aryl methyl sites for hydroxylation is 2. The van der Waals surface area contributed by atoms with Crippen LogP contribution in [0.3, 0.4) is 0 Å². The second-order valence-corrected chi connectivity index (χ2v) is 7.19. The molecule has 0 unspecified atom stereocenters. The molecule has 1 atom stereocenters. The Morgan fingerprint density at radius 3 is 2.35 bits per heavy atom. The largest absolute Gasteiger partial charge is 1.00 e. The third-order valence-corrected chi connectivity index (χ3v) is 4.63. The van der Waals surface area contributed by atoms with E-state index >= 15 is 0 Å². The standard InChI is InChI=1S/C23H23N3O6.2Na/c1-14-5-3-7-16(11-14)32-17-8-4-6-15(12-17)18(13-20(28)29)24-23(31)25-21-19(27)9-10-26(2)22(21)30;;/h3-12,18,27H,13H2,1-2H3,(H,28,29)(H2,24,25,31);;/q;2*+1/p-2/t18-;;/m0../s1. The molecule has 166 valence electrons. The summed E-state index contributed by atoms with van der Waals surface area (Å²) in [6.45, 7) is 1.93. The first-order chi connectivity index (χ1) is 15.2. The zero-order chi connectivity index (χ0) is 23.3. The van der Waals surface area contributed by atoms with Crippen LogP contribution < -0.4 is 90.3 Å². The van der Waals surface area contributed by atoms with Crippen molar-refractivity contribution >= 4 is 17.7 Å². The van der Waals surface area contributed by atoms with Crippen LogP contribution in [-0.2, 0) is 11.8 Å². The number of aliphatic carboxylic acids is 1. The van der Waals surface area contributed by atoms with Gasteiger partial charge in [-0.1, -0.05) is 36.1 Å². The topological polar surface area (TPSA) is 136 Å². The van der Waals surface area contributed by atoms with E-state index in [1.54, 1.807) is 30.3 Å². The van der Waals surface area contributed by atoms with Gasteiger partial charge in [-0.3, -0.25) is 4.79 Å². The van der Waals surface area contributed by atoms with Gasteiger partial charge in [-0.15, -0.1) is 0 Å². The number of rotatable bonds is 7. The monoisotopic (exact) mass is 481 g/mol. The number of ether oxygens (including phenoxy) is 1. The molecule has 0 aliphatic rings. The predicted octanol–water partition coefficient (Wildman–Crippen LogP) is -4.43. The number of aromatic nitrogens is 1. The molecule has 0 aliphatic carbocycles. The minimum Gasteiger partial charge on any atom is -0.871 e. The molecule has 11 heteroatoms. The average molecular weight is 481 g/mol. The molecule has 0 saturated carbocycles. The van der Waals surface area contributed by atoms with Crippen LogP contribution in [0.2, 0.25) is 0 Å². The Bertz CT molecular complexity index is 1220. The van der Waals surface area contributed by atoms with Crippen LogP contribution in [0.4, 0.5) is 10.5 Å². The number of anilines is 1. The molecule has 2 N–H and O–H groups in total. The fraction of sp³-hybridized carbons (Fsp3) is 0.174. The smallest absolute Gasteiger partial charge is 0.871 e. The molecule has 1 aromatic heterocycles. The number of nitrogens with zero attached hydrogens (tertiary/aromatic N) is 1. The molecule has 1 heterocycles. The number of benzene rings is 2. The van der Waals surface area contributed by atoms with Gasteiger partial charge in [0.2, 0.25) is 0 Å². The van der Waals surface area contributed by atoms with Crippen molar-refractivity contribution < 1.29 is 83.7 Å². The summed E-state index contributed by atoms with van der Waals surface area (Å²) in [6.07, 6.45) is 0.755. The predicted molar refractivity (Wildman–Crippen MR) is 113 cm³/mol. The zero-order valence-corrected chi connectivity index (χ0v) is 23.5.